The molecule has 1 heterocycles. The van der Waals surface area contributed by atoms with Crippen molar-refractivity contribution in [3.8, 4) is 0 Å². The minimum absolute atomic E-state index is 0.0318. The fourth-order valence-corrected chi connectivity index (χ4v) is 3.53. The van der Waals surface area contributed by atoms with Gasteiger partial charge in [0.1, 0.15) is 5.82 Å². The monoisotopic (exact) mass is 264 g/mol. The predicted molar refractivity (Wildman–Crippen MR) is 72.3 cm³/mol. The zero-order valence-corrected chi connectivity index (χ0v) is 11.1. The number of nitrogens with two attached hydrogens (primary N) is 1. The summed E-state index contributed by atoms with van der Waals surface area (Å²) in [5.41, 5.74) is 6.66. The lowest BCUT2D eigenvalue weighted by atomic mass is 10.00. The van der Waals surface area contributed by atoms with E-state index in [1.54, 1.807) is 6.07 Å². The first-order chi connectivity index (χ1) is 9.31. The summed E-state index contributed by atoms with van der Waals surface area (Å²) in [6.45, 7) is 2.02. The van der Waals surface area contributed by atoms with Gasteiger partial charge in [0.05, 0.1) is 18.8 Å². The summed E-state index contributed by atoms with van der Waals surface area (Å²) in [6.07, 6.45) is 3.76. The standard InChI is InChI=1S/C15H21FN2O/c16-12-5-2-1-4-11(12)14(10-17)18-8-9-19-15-7-3-6-13(15)18/h1-2,4-5,13-15H,3,6-10,17H2. The Bertz CT molecular complexity index is 440. The molecule has 3 atom stereocenters. The van der Waals surface area contributed by atoms with Gasteiger partial charge in [0.15, 0.2) is 0 Å². The Morgan fingerprint density at radius 2 is 2.21 bits per heavy atom. The van der Waals surface area contributed by atoms with E-state index in [1.807, 2.05) is 12.1 Å². The first kappa shape index (κ1) is 13.0. The number of benzene rings is 1. The largest absolute Gasteiger partial charge is 0.375 e. The summed E-state index contributed by atoms with van der Waals surface area (Å²) >= 11 is 0. The molecule has 2 fully saturated rings. The molecule has 4 heteroatoms. The van der Waals surface area contributed by atoms with E-state index in [4.69, 9.17) is 10.5 Å². The molecule has 0 aromatic heterocycles. The van der Waals surface area contributed by atoms with Crippen LogP contribution in [0.4, 0.5) is 4.39 Å². The number of nitrogens with zero attached hydrogens (tertiary/aromatic N) is 1. The minimum atomic E-state index is -0.154. The molecule has 0 radical (unpaired) electrons. The Hall–Kier alpha value is -0.970. The molecule has 1 saturated carbocycles. The summed E-state index contributed by atoms with van der Waals surface area (Å²) in [5, 5.41) is 0. The Morgan fingerprint density at radius 1 is 1.37 bits per heavy atom. The van der Waals surface area contributed by atoms with Gasteiger partial charge >= 0.3 is 0 Å². The molecule has 104 valence electrons. The van der Waals surface area contributed by atoms with Gasteiger partial charge in [-0.25, -0.2) is 4.39 Å². The number of rotatable bonds is 3. The third-order valence-corrected chi connectivity index (χ3v) is 4.41. The highest BCUT2D eigenvalue weighted by molar-refractivity contribution is 5.22. The number of fused-ring (bicyclic) bond motifs is 1. The fourth-order valence-electron chi connectivity index (χ4n) is 3.53. The number of halogens is 1. The van der Waals surface area contributed by atoms with Gasteiger partial charge < -0.3 is 10.5 Å². The van der Waals surface area contributed by atoms with E-state index in [0.717, 1.165) is 31.6 Å². The lowest BCUT2D eigenvalue weighted by molar-refractivity contribution is -0.0715. The van der Waals surface area contributed by atoms with Crippen LogP contribution < -0.4 is 5.73 Å². The van der Waals surface area contributed by atoms with E-state index in [2.05, 4.69) is 4.90 Å². The molecule has 0 spiro atoms. The van der Waals surface area contributed by atoms with Gasteiger partial charge in [-0.1, -0.05) is 18.2 Å². The highest BCUT2D eigenvalue weighted by atomic mass is 19.1. The number of ether oxygens (including phenoxy) is 1. The Kier molecular flexibility index (Phi) is 3.82. The average Bonchev–Trinajstić information content (AvgIpc) is 2.91. The molecule has 19 heavy (non-hydrogen) atoms. The van der Waals surface area contributed by atoms with Crippen molar-refractivity contribution in [1.29, 1.82) is 0 Å². The zero-order valence-electron chi connectivity index (χ0n) is 11.1. The van der Waals surface area contributed by atoms with Gasteiger partial charge in [-0.15, -0.1) is 0 Å². The lowest BCUT2D eigenvalue weighted by Crippen LogP contribution is -2.51. The van der Waals surface area contributed by atoms with E-state index < -0.39 is 0 Å². The van der Waals surface area contributed by atoms with Gasteiger partial charge in [-0.2, -0.15) is 0 Å². The maximum atomic E-state index is 14.0. The predicted octanol–water partition coefficient (Wildman–Crippen LogP) is 2.08. The number of hydrogen-bond donors (Lipinski definition) is 1. The van der Waals surface area contributed by atoms with Gasteiger partial charge in [0.2, 0.25) is 0 Å². The van der Waals surface area contributed by atoms with Crippen molar-refractivity contribution in [3.05, 3.63) is 35.6 Å². The van der Waals surface area contributed by atoms with E-state index in [9.17, 15) is 4.39 Å². The third-order valence-electron chi connectivity index (χ3n) is 4.41. The van der Waals surface area contributed by atoms with Crippen LogP contribution >= 0.6 is 0 Å². The van der Waals surface area contributed by atoms with Crippen molar-refractivity contribution in [2.45, 2.75) is 37.5 Å². The molecule has 3 nitrogen and oxygen atoms in total. The van der Waals surface area contributed by atoms with E-state index in [0.29, 0.717) is 18.7 Å². The fraction of sp³-hybridized carbons (Fsp3) is 0.600. The van der Waals surface area contributed by atoms with Crippen LogP contribution in [0.25, 0.3) is 0 Å². The molecule has 2 N–H and O–H groups in total. The topological polar surface area (TPSA) is 38.5 Å². The second-order valence-electron chi connectivity index (χ2n) is 5.42. The summed E-state index contributed by atoms with van der Waals surface area (Å²) in [6, 6.07) is 7.35. The van der Waals surface area contributed by atoms with Crippen molar-refractivity contribution in [3.63, 3.8) is 0 Å². The van der Waals surface area contributed by atoms with E-state index in [-0.39, 0.29) is 11.9 Å². The van der Waals surface area contributed by atoms with Crippen LogP contribution in [0.2, 0.25) is 0 Å². The molecule has 0 bridgehead atoms. The second-order valence-corrected chi connectivity index (χ2v) is 5.42. The van der Waals surface area contributed by atoms with Gasteiger partial charge in [-0.3, -0.25) is 4.90 Å². The lowest BCUT2D eigenvalue weighted by Gasteiger charge is -2.42. The number of hydrogen-bond acceptors (Lipinski definition) is 3. The first-order valence-corrected chi connectivity index (χ1v) is 7.13. The molecule has 0 amide bonds. The highest BCUT2D eigenvalue weighted by Gasteiger charge is 2.39. The number of morpholine rings is 1. The third kappa shape index (κ3) is 2.40. The molecule has 1 saturated heterocycles. The van der Waals surface area contributed by atoms with Crippen LogP contribution in [-0.4, -0.2) is 36.7 Å². The Labute approximate surface area is 113 Å². The van der Waals surface area contributed by atoms with Crippen molar-refractivity contribution < 1.29 is 9.13 Å². The molecule has 3 rings (SSSR count). The Balaban J connectivity index is 1.87. The summed E-state index contributed by atoms with van der Waals surface area (Å²) in [7, 11) is 0. The maximum absolute atomic E-state index is 14.0. The van der Waals surface area contributed by atoms with Crippen LogP contribution in [0, 0.1) is 5.82 Å². The van der Waals surface area contributed by atoms with Crippen LogP contribution in [0.3, 0.4) is 0 Å². The average molecular weight is 264 g/mol. The summed E-state index contributed by atoms with van der Waals surface area (Å²) in [5.74, 6) is -0.154. The first-order valence-electron chi connectivity index (χ1n) is 7.13. The molecule has 2 aliphatic rings. The molecular formula is C15H21FN2O. The van der Waals surface area contributed by atoms with Crippen molar-refractivity contribution in [2.75, 3.05) is 19.7 Å². The van der Waals surface area contributed by atoms with Crippen LogP contribution in [0.5, 0.6) is 0 Å². The van der Waals surface area contributed by atoms with E-state index in [1.165, 1.54) is 12.5 Å². The van der Waals surface area contributed by atoms with E-state index >= 15 is 0 Å². The van der Waals surface area contributed by atoms with Crippen LogP contribution in [0.1, 0.15) is 30.9 Å². The molecule has 1 aromatic rings. The molecule has 1 aliphatic carbocycles. The minimum Gasteiger partial charge on any atom is -0.375 e. The van der Waals surface area contributed by atoms with Gasteiger partial charge in [0, 0.05) is 24.7 Å². The van der Waals surface area contributed by atoms with Crippen molar-refractivity contribution in [1.82, 2.24) is 4.90 Å². The highest BCUT2D eigenvalue weighted by Crippen LogP contribution is 2.35. The maximum Gasteiger partial charge on any atom is 0.128 e. The van der Waals surface area contributed by atoms with Crippen LogP contribution in [0.15, 0.2) is 24.3 Å². The second kappa shape index (κ2) is 5.57. The normalized spacial score (nSPS) is 29.2. The quantitative estimate of drug-likeness (QED) is 0.908. The molecule has 3 unspecified atom stereocenters. The van der Waals surface area contributed by atoms with Gasteiger partial charge in [0.25, 0.3) is 0 Å². The SMILES string of the molecule is NCC(c1ccccc1F)N1CCOC2CCCC21. The summed E-state index contributed by atoms with van der Waals surface area (Å²) in [4.78, 5) is 2.36. The Morgan fingerprint density at radius 3 is 3.00 bits per heavy atom. The summed E-state index contributed by atoms with van der Waals surface area (Å²) < 4.78 is 19.8. The van der Waals surface area contributed by atoms with Crippen LogP contribution in [-0.2, 0) is 4.74 Å². The molecule has 1 aromatic carbocycles. The van der Waals surface area contributed by atoms with Crippen molar-refractivity contribution in [2.24, 2.45) is 5.73 Å². The zero-order chi connectivity index (χ0) is 13.2. The van der Waals surface area contributed by atoms with Gasteiger partial charge in [-0.05, 0) is 25.3 Å². The smallest absolute Gasteiger partial charge is 0.128 e. The molecule has 1 aliphatic heterocycles. The van der Waals surface area contributed by atoms with Crippen molar-refractivity contribution >= 4 is 0 Å². The molecular weight excluding hydrogens is 243 g/mol.